The van der Waals surface area contributed by atoms with E-state index in [2.05, 4.69) is 15.5 Å². The molecular weight excluding hydrogens is 248 g/mol. The lowest BCUT2D eigenvalue weighted by Crippen LogP contribution is -2.14. The molecule has 1 heterocycles. The number of nitrogens with one attached hydrogen (secondary N) is 1. The maximum absolute atomic E-state index is 12.1. The Morgan fingerprint density at radius 1 is 1.53 bits per heavy atom. The van der Waals surface area contributed by atoms with Crippen LogP contribution in [0, 0.1) is 6.92 Å². The zero-order valence-corrected chi connectivity index (χ0v) is 10.6. The Morgan fingerprint density at radius 3 is 2.95 bits per heavy atom. The zero-order chi connectivity index (χ0) is 13.8. The second-order valence-electron chi connectivity index (χ2n) is 3.76. The average molecular weight is 262 g/mol. The lowest BCUT2D eigenvalue weighted by Gasteiger charge is -2.11. The van der Waals surface area contributed by atoms with E-state index in [0.717, 1.165) is 0 Å². The van der Waals surface area contributed by atoms with Crippen LogP contribution in [0.4, 0.5) is 11.7 Å². The molecule has 0 unspecified atom stereocenters. The second-order valence-corrected chi connectivity index (χ2v) is 3.76. The summed E-state index contributed by atoms with van der Waals surface area (Å²) in [4.78, 5) is 16.0. The molecule has 0 saturated carbocycles. The van der Waals surface area contributed by atoms with Crippen LogP contribution in [0.15, 0.2) is 22.7 Å². The van der Waals surface area contributed by atoms with E-state index in [0.29, 0.717) is 29.4 Å². The standard InChI is InChI=1S/C12H14N4O3/c1-3-18-10-8(5-4-6-9(10)13)11(17)15-12-14-7(2)16-19-12/h4-6H,3,13H2,1-2H3,(H,14,15,16,17). The molecule has 19 heavy (non-hydrogen) atoms. The maximum Gasteiger partial charge on any atom is 0.328 e. The molecule has 0 bridgehead atoms. The third-order valence-electron chi connectivity index (χ3n) is 2.33. The van der Waals surface area contributed by atoms with Gasteiger partial charge < -0.3 is 15.0 Å². The summed E-state index contributed by atoms with van der Waals surface area (Å²) in [5, 5.41) is 6.07. The number of nitrogens with zero attached hydrogens (tertiary/aromatic N) is 2. The highest BCUT2D eigenvalue weighted by molar-refractivity contribution is 6.06. The molecule has 0 aliphatic carbocycles. The van der Waals surface area contributed by atoms with E-state index in [9.17, 15) is 4.79 Å². The maximum atomic E-state index is 12.1. The van der Waals surface area contributed by atoms with Crippen LogP contribution in [0.2, 0.25) is 0 Å². The fourth-order valence-corrected chi connectivity index (χ4v) is 1.55. The van der Waals surface area contributed by atoms with E-state index < -0.39 is 5.91 Å². The Morgan fingerprint density at radius 2 is 2.32 bits per heavy atom. The summed E-state index contributed by atoms with van der Waals surface area (Å²) in [6.07, 6.45) is 0. The number of carbonyl (C=O) groups excluding carboxylic acids is 1. The van der Waals surface area contributed by atoms with Gasteiger partial charge in [0.1, 0.15) is 0 Å². The molecular formula is C12H14N4O3. The van der Waals surface area contributed by atoms with E-state index >= 15 is 0 Å². The van der Waals surface area contributed by atoms with Crippen molar-refractivity contribution in [1.82, 2.24) is 10.1 Å². The molecule has 0 radical (unpaired) electrons. The number of nitrogen functional groups attached to an aromatic ring is 1. The molecule has 7 nitrogen and oxygen atoms in total. The predicted octanol–water partition coefficient (Wildman–Crippen LogP) is 1.61. The first-order chi connectivity index (χ1) is 9.11. The largest absolute Gasteiger partial charge is 0.491 e. The Bertz CT molecular complexity index is 594. The number of hydrogen-bond acceptors (Lipinski definition) is 6. The molecule has 0 aliphatic heterocycles. The van der Waals surface area contributed by atoms with Crippen molar-refractivity contribution >= 4 is 17.6 Å². The smallest absolute Gasteiger partial charge is 0.328 e. The minimum absolute atomic E-state index is 0.0346. The molecule has 1 aromatic heterocycles. The average Bonchev–Trinajstić information content (AvgIpc) is 2.77. The number of amides is 1. The normalized spacial score (nSPS) is 10.2. The Kier molecular flexibility index (Phi) is 3.65. The van der Waals surface area contributed by atoms with Crippen LogP contribution in [0.3, 0.4) is 0 Å². The van der Waals surface area contributed by atoms with Gasteiger partial charge >= 0.3 is 6.01 Å². The van der Waals surface area contributed by atoms with Crippen molar-refractivity contribution in [2.24, 2.45) is 0 Å². The molecule has 2 aromatic rings. The van der Waals surface area contributed by atoms with Crippen molar-refractivity contribution in [2.45, 2.75) is 13.8 Å². The van der Waals surface area contributed by atoms with Gasteiger partial charge in [0.05, 0.1) is 17.9 Å². The van der Waals surface area contributed by atoms with E-state index in [1.165, 1.54) is 0 Å². The number of rotatable bonds is 4. The first-order valence-electron chi connectivity index (χ1n) is 5.74. The summed E-state index contributed by atoms with van der Waals surface area (Å²) in [5.41, 5.74) is 6.50. The molecule has 3 N–H and O–H groups in total. The number of para-hydroxylation sites is 1. The molecule has 100 valence electrons. The number of ether oxygens (including phenoxy) is 1. The van der Waals surface area contributed by atoms with Gasteiger partial charge in [-0.25, -0.2) is 0 Å². The third-order valence-corrected chi connectivity index (χ3v) is 2.33. The van der Waals surface area contributed by atoms with Gasteiger partial charge in [-0.2, -0.15) is 4.98 Å². The lowest BCUT2D eigenvalue weighted by atomic mass is 10.1. The summed E-state index contributed by atoms with van der Waals surface area (Å²) in [6, 6.07) is 4.98. The quantitative estimate of drug-likeness (QED) is 0.811. The topological polar surface area (TPSA) is 103 Å². The van der Waals surface area contributed by atoms with Crippen LogP contribution in [0.25, 0.3) is 0 Å². The molecule has 1 amide bonds. The Labute approximate surface area is 109 Å². The summed E-state index contributed by atoms with van der Waals surface area (Å²) < 4.78 is 10.2. The molecule has 0 atom stereocenters. The van der Waals surface area contributed by atoms with Gasteiger partial charge in [-0.05, 0) is 26.0 Å². The van der Waals surface area contributed by atoms with Crippen LogP contribution >= 0.6 is 0 Å². The highest BCUT2D eigenvalue weighted by Crippen LogP contribution is 2.27. The van der Waals surface area contributed by atoms with Crippen molar-refractivity contribution in [1.29, 1.82) is 0 Å². The second kappa shape index (κ2) is 5.38. The van der Waals surface area contributed by atoms with Crippen molar-refractivity contribution in [2.75, 3.05) is 17.7 Å². The van der Waals surface area contributed by atoms with Crippen LogP contribution < -0.4 is 15.8 Å². The lowest BCUT2D eigenvalue weighted by molar-refractivity contribution is 0.101. The fourth-order valence-electron chi connectivity index (χ4n) is 1.55. The third kappa shape index (κ3) is 2.82. The summed E-state index contributed by atoms with van der Waals surface area (Å²) in [6.45, 7) is 3.88. The van der Waals surface area contributed by atoms with Crippen molar-refractivity contribution in [3.63, 3.8) is 0 Å². The Hall–Kier alpha value is -2.57. The predicted molar refractivity (Wildman–Crippen MR) is 69.0 cm³/mol. The number of aryl methyl sites for hydroxylation is 1. The minimum atomic E-state index is -0.417. The molecule has 0 fully saturated rings. The zero-order valence-electron chi connectivity index (χ0n) is 10.6. The number of aromatic nitrogens is 2. The van der Waals surface area contributed by atoms with Crippen LogP contribution in [0.5, 0.6) is 5.75 Å². The monoisotopic (exact) mass is 262 g/mol. The minimum Gasteiger partial charge on any atom is -0.491 e. The van der Waals surface area contributed by atoms with E-state index in [-0.39, 0.29) is 6.01 Å². The van der Waals surface area contributed by atoms with Gasteiger partial charge in [0, 0.05) is 0 Å². The molecule has 0 aliphatic rings. The van der Waals surface area contributed by atoms with Gasteiger partial charge in [0.25, 0.3) is 5.91 Å². The van der Waals surface area contributed by atoms with Crippen molar-refractivity contribution in [3.05, 3.63) is 29.6 Å². The first kappa shape index (κ1) is 12.9. The summed E-state index contributed by atoms with van der Waals surface area (Å²) >= 11 is 0. The van der Waals surface area contributed by atoms with E-state index in [1.54, 1.807) is 25.1 Å². The highest BCUT2D eigenvalue weighted by Gasteiger charge is 2.17. The van der Waals surface area contributed by atoms with Crippen LogP contribution in [-0.4, -0.2) is 22.7 Å². The molecule has 7 heteroatoms. The van der Waals surface area contributed by atoms with E-state index in [4.69, 9.17) is 15.0 Å². The fraction of sp³-hybridized carbons (Fsp3) is 0.250. The number of carbonyl (C=O) groups is 1. The molecule has 0 spiro atoms. The van der Waals surface area contributed by atoms with Gasteiger partial charge in [-0.1, -0.05) is 11.2 Å². The number of hydrogen-bond donors (Lipinski definition) is 2. The number of benzene rings is 1. The summed E-state index contributed by atoms with van der Waals surface area (Å²) in [5.74, 6) is 0.367. The number of nitrogens with two attached hydrogens (primary N) is 1. The van der Waals surface area contributed by atoms with Crippen molar-refractivity contribution < 1.29 is 14.1 Å². The van der Waals surface area contributed by atoms with Gasteiger partial charge in [-0.15, -0.1) is 0 Å². The number of anilines is 2. The Balaban J connectivity index is 2.25. The van der Waals surface area contributed by atoms with Crippen molar-refractivity contribution in [3.8, 4) is 5.75 Å². The highest BCUT2D eigenvalue weighted by atomic mass is 16.5. The van der Waals surface area contributed by atoms with Gasteiger partial charge in [0.2, 0.25) is 0 Å². The van der Waals surface area contributed by atoms with Crippen LogP contribution in [-0.2, 0) is 0 Å². The first-order valence-corrected chi connectivity index (χ1v) is 5.74. The van der Waals surface area contributed by atoms with Gasteiger partial charge in [0.15, 0.2) is 11.6 Å². The molecule has 0 saturated heterocycles. The summed E-state index contributed by atoms with van der Waals surface area (Å²) in [7, 11) is 0. The van der Waals surface area contributed by atoms with E-state index in [1.807, 2.05) is 6.92 Å². The van der Waals surface area contributed by atoms with Gasteiger partial charge in [-0.3, -0.25) is 10.1 Å². The molecule has 2 rings (SSSR count). The SMILES string of the molecule is CCOc1c(N)cccc1C(=O)Nc1nc(C)no1. The van der Waals surface area contributed by atoms with Crippen LogP contribution in [0.1, 0.15) is 23.1 Å². The molecule has 1 aromatic carbocycles.